The van der Waals surface area contributed by atoms with E-state index < -0.39 is 0 Å². The quantitative estimate of drug-likeness (QED) is 0.335. The molecule has 4 heteroatoms. The summed E-state index contributed by atoms with van der Waals surface area (Å²) in [6.07, 6.45) is 9.47. The molecule has 0 bridgehead atoms. The second-order valence-corrected chi connectivity index (χ2v) is 5.86. The van der Waals surface area contributed by atoms with E-state index >= 15 is 0 Å². The van der Waals surface area contributed by atoms with Crippen LogP contribution in [0.2, 0.25) is 0 Å². The maximum atomic E-state index is 11.8. The molecule has 0 saturated carbocycles. The zero-order valence-electron chi connectivity index (χ0n) is 14.6. The Morgan fingerprint density at radius 2 is 1.65 bits per heavy atom. The third kappa shape index (κ3) is 7.91. The Morgan fingerprint density at radius 3 is 2.35 bits per heavy atom. The lowest BCUT2D eigenvalue weighted by molar-refractivity contribution is 0.0504. The normalized spacial score (nSPS) is 10.5. The van der Waals surface area contributed by atoms with Crippen LogP contribution in [0.5, 0.6) is 5.75 Å². The van der Waals surface area contributed by atoms with Gasteiger partial charge in [0.25, 0.3) is 0 Å². The minimum absolute atomic E-state index is 0.326. The molecule has 0 heterocycles. The highest BCUT2D eigenvalue weighted by molar-refractivity contribution is 5.90. The van der Waals surface area contributed by atoms with Gasteiger partial charge in [0.05, 0.1) is 24.5 Å². The van der Waals surface area contributed by atoms with Gasteiger partial charge in [-0.25, -0.2) is 4.79 Å². The Labute approximate surface area is 140 Å². The highest BCUT2D eigenvalue weighted by Crippen LogP contribution is 2.23. The Hall–Kier alpha value is -1.71. The predicted octanol–water partition coefficient (Wildman–Crippen LogP) is 4.97. The first-order chi connectivity index (χ1) is 11.2. The number of nitrogen functional groups attached to an aromatic ring is 1. The van der Waals surface area contributed by atoms with Gasteiger partial charge in [0, 0.05) is 0 Å². The van der Waals surface area contributed by atoms with Crippen LogP contribution in [0.25, 0.3) is 0 Å². The maximum absolute atomic E-state index is 11.8. The van der Waals surface area contributed by atoms with E-state index in [4.69, 9.17) is 15.2 Å². The first-order valence-electron chi connectivity index (χ1n) is 8.88. The van der Waals surface area contributed by atoms with Gasteiger partial charge in [-0.3, -0.25) is 0 Å². The van der Waals surface area contributed by atoms with Crippen molar-refractivity contribution >= 4 is 11.7 Å². The van der Waals surface area contributed by atoms with Crippen molar-refractivity contribution in [2.45, 2.75) is 65.2 Å². The largest absolute Gasteiger partial charge is 0.491 e. The number of hydrogen-bond donors (Lipinski definition) is 1. The summed E-state index contributed by atoms with van der Waals surface area (Å²) in [5.41, 5.74) is 6.95. The van der Waals surface area contributed by atoms with Gasteiger partial charge in [-0.05, 0) is 31.0 Å². The van der Waals surface area contributed by atoms with Gasteiger partial charge in [-0.15, -0.1) is 0 Å². The molecular formula is C19H31NO3. The summed E-state index contributed by atoms with van der Waals surface area (Å²) in [7, 11) is 0. The lowest BCUT2D eigenvalue weighted by atomic mass is 10.1. The number of unbranched alkanes of at least 4 members (excludes halogenated alkanes) is 6. The number of anilines is 1. The van der Waals surface area contributed by atoms with Crippen LogP contribution in [0.4, 0.5) is 5.69 Å². The van der Waals surface area contributed by atoms with Crippen LogP contribution in [0.3, 0.4) is 0 Å². The van der Waals surface area contributed by atoms with Crippen molar-refractivity contribution in [2.75, 3.05) is 18.9 Å². The van der Waals surface area contributed by atoms with E-state index in [0.29, 0.717) is 30.2 Å². The van der Waals surface area contributed by atoms with Crippen LogP contribution < -0.4 is 10.5 Å². The molecule has 0 amide bonds. The van der Waals surface area contributed by atoms with E-state index in [-0.39, 0.29) is 5.97 Å². The highest BCUT2D eigenvalue weighted by atomic mass is 16.5. The summed E-state index contributed by atoms with van der Waals surface area (Å²) >= 11 is 0. The summed E-state index contributed by atoms with van der Waals surface area (Å²) < 4.78 is 10.9. The number of nitrogens with two attached hydrogens (primary N) is 1. The minimum atomic E-state index is -0.326. The fourth-order valence-corrected chi connectivity index (χ4v) is 2.31. The molecule has 1 rings (SSSR count). The van der Waals surface area contributed by atoms with Crippen LogP contribution in [-0.2, 0) is 4.74 Å². The lowest BCUT2D eigenvalue weighted by Crippen LogP contribution is -2.07. The van der Waals surface area contributed by atoms with E-state index in [2.05, 4.69) is 6.92 Å². The van der Waals surface area contributed by atoms with E-state index in [1.165, 1.54) is 38.5 Å². The summed E-state index contributed by atoms with van der Waals surface area (Å²) in [5.74, 6) is 0.245. The predicted molar refractivity (Wildman–Crippen MR) is 94.9 cm³/mol. The molecule has 0 aliphatic carbocycles. The maximum Gasteiger partial charge on any atom is 0.338 e. The van der Waals surface area contributed by atoms with Crippen molar-refractivity contribution in [3.05, 3.63) is 23.8 Å². The molecule has 23 heavy (non-hydrogen) atoms. The van der Waals surface area contributed by atoms with E-state index in [1.807, 2.05) is 6.92 Å². The SMILES string of the molecule is CCCCCCCCCOc1cc(C(=O)OCCC)ccc1N. The van der Waals surface area contributed by atoms with E-state index in [9.17, 15) is 4.79 Å². The van der Waals surface area contributed by atoms with Crippen LogP contribution in [-0.4, -0.2) is 19.2 Å². The fraction of sp³-hybridized carbons (Fsp3) is 0.632. The van der Waals surface area contributed by atoms with Crippen LogP contribution >= 0.6 is 0 Å². The molecule has 1 aromatic rings. The van der Waals surface area contributed by atoms with Gasteiger partial charge in [-0.2, -0.15) is 0 Å². The molecule has 0 fully saturated rings. The summed E-state index contributed by atoms with van der Waals surface area (Å²) in [5, 5.41) is 0. The van der Waals surface area contributed by atoms with Gasteiger partial charge in [-0.1, -0.05) is 52.4 Å². The average Bonchev–Trinajstić information content (AvgIpc) is 2.56. The summed E-state index contributed by atoms with van der Waals surface area (Å²) in [4.78, 5) is 11.8. The third-order valence-corrected chi connectivity index (χ3v) is 3.69. The van der Waals surface area contributed by atoms with Gasteiger partial charge in [0.15, 0.2) is 0 Å². The lowest BCUT2D eigenvalue weighted by Gasteiger charge is -2.10. The Morgan fingerprint density at radius 1 is 0.957 bits per heavy atom. The molecule has 0 atom stereocenters. The smallest absolute Gasteiger partial charge is 0.338 e. The van der Waals surface area contributed by atoms with Crippen molar-refractivity contribution < 1.29 is 14.3 Å². The number of benzene rings is 1. The molecule has 0 spiro atoms. The third-order valence-electron chi connectivity index (χ3n) is 3.69. The van der Waals surface area contributed by atoms with Gasteiger partial charge < -0.3 is 15.2 Å². The molecule has 0 saturated heterocycles. The number of hydrogen-bond acceptors (Lipinski definition) is 4. The molecule has 130 valence electrons. The monoisotopic (exact) mass is 321 g/mol. The molecule has 0 unspecified atom stereocenters. The number of rotatable bonds is 12. The van der Waals surface area contributed by atoms with Crippen molar-refractivity contribution in [3.8, 4) is 5.75 Å². The number of esters is 1. The van der Waals surface area contributed by atoms with Crippen molar-refractivity contribution in [1.82, 2.24) is 0 Å². The zero-order valence-corrected chi connectivity index (χ0v) is 14.6. The van der Waals surface area contributed by atoms with E-state index in [0.717, 1.165) is 12.8 Å². The molecule has 2 N–H and O–H groups in total. The topological polar surface area (TPSA) is 61.5 Å². The number of carbonyl (C=O) groups excluding carboxylic acids is 1. The molecule has 4 nitrogen and oxygen atoms in total. The molecule has 1 aromatic carbocycles. The average molecular weight is 321 g/mol. The van der Waals surface area contributed by atoms with Crippen molar-refractivity contribution in [2.24, 2.45) is 0 Å². The summed E-state index contributed by atoms with van der Waals surface area (Å²) in [6, 6.07) is 5.05. The molecule has 0 aliphatic rings. The minimum Gasteiger partial charge on any atom is -0.491 e. The van der Waals surface area contributed by atoms with Crippen molar-refractivity contribution in [3.63, 3.8) is 0 Å². The second-order valence-electron chi connectivity index (χ2n) is 5.86. The Bertz CT molecular complexity index is 460. The molecule has 0 radical (unpaired) electrons. The Balaban J connectivity index is 2.34. The fourth-order valence-electron chi connectivity index (χ4n) is 2.31. The molecule has 0 aromatic heterocycles. The van der Waals surface area contributed by atoms with Gasteiger partial charge in [0.1, 0.15) is 5.75 Å². The zero-order chi connectivity index (χ0) is 16.9. The standard InChI is InChI=1S/C19H31NO3/c1-3-5-6-7-8-9-10-14-22-18-15-16(11-12-17(18)20)19(21)23-13-4-2/h11-12,15H,3-10,13-14,20H2,1-2H3. The first kappa shape index (κ1) is 19.3. The first-order valence-corrected chi connectivity index (χ1v) is 8.88. The van der Waals surface area contributed by atoms with Crippen LogP contribution in [0.1, 0.15) is 75.6 Å². The van der Waals surface area contributed by atoms with Crippen molar-refractivity contribution in [1.29, 1.82) is 0 Å². The van der Waals surface area contributed by atoms with E-state index in [1.54, 1.807) is 18.2 Å². The number of ether oxygens (including phenoxy) is 2. The van der Waals surface area contributed by atoms with Gasteiger partial charge >= 0.3 is 5.97 Å². The van der Waals surface area contributed by atoms with Crippen LogP contribution in [0.15, 0.2) is 18.2 Å². The number of carbonyl (C=O) groups is 1. The van der Waals surface area contributed by atoms with Crippen LogP contribution in [0, 0.1) is 0 Å². The molecule has 0 aliphatic heterocycles. The summed E-state index contributed by atoms with van der Waals surface area (Å²) in [6.45, 7) is 5.25. The second kappa shape index (κ2) is 11.8. The Kier molecular flexibility index (Phi) is 9.92. The highest BCUT2D eigenvalue weighted by Gasteiger charge is 2.10. The van der Waals surface area contributed by atoms with Gasteiger partial charge in [0.2, 0.25) is 0 Å². The molecular weight excluding hydrogens is 290 g/mol.